The van der Waals surface area contributed by atoms with Gasteiger partial charge in [-0.2, -0.15) is 0 Å². The lowest BCUT2D eigenvalue weighted by molar-refractivity contribution is 0.00976. The molecule has 0 bridgehead atoms. The van der Waals surface area contributed by atoms with E-state index in [2.05, 4.69) is 18.1 Å². The number of aliphatic hydroxyl groups excluding tert-OH is 2. The van der Waals surface area contributed by atoms with E-state index in [0.717, 1.165) is 44.5 Å². The molecule has 0 radical (unpaired) electrons. The topological polar surface area (TPSA) is 43.7 Å². The molecule has 0 aromatic heterocycles. The van der Waals surface area contributed by atoms with E-state index >= 15 is 0 Å². The summed E-state index contributed by atoms with van der Waals surface area (Å²) in [5, 5.41) is 19.7. The van der Waals surface area contributed by atoms with Gasteiger partial charge in [-0.3, -0.25) is 4.90 Å². The number of likely N-dealkylation sites (tertiary alicyclic amines) is 1. The molecule has 2 unspecified atom stereocenters. The summed E-state index contributed by atoms with van der Waals surface area (Å²) in [6.07, 6.45) is 8.76. The van der Waals surface area contributed by atoms with Gasteiger partial charge in [0.1, 0.15) is 0 Å². The fraction of sp³-hybridized carbons (Fsp3) is 0.625. The van der Waals surface area contributed by atoms with Gasteiger partial charge in [-0.15, -0.1) is 0 Å². The van der Waals surface area contributed by atoms with E-state index in [9.17, 15) is 10.2 Å². The maximum Gasteiger partial charge on any atom is 0.0506 e. The lowest BCUT2D eigenvalue weighted by atomic mass is 9.69. The van der Waals surface area contributed by atoms with Crippen LogP contribution in [0.1, 0.15) is 19.3 Å². The monoisotopic (exact) mass is 263 g/mol. The van der Waals surface area contributed by atoms with Gasteiger partial charge in [0, 0.05) is 30.5 Å². The number of nitrogens with zero attached hydrogens (tertiary/aromatic N) is 1. The van der Waals surface area contributed by atoms with Crippen LogP contribution in [0.5, 0.6) is 0 Å². The van der Waals surface area contributed by atoms with Crippen molar-refractivity contribution in [3.05, 3.63) is 37.0 Å². The number of hydrogen-bond donors (Lipinski definition) is 2. The van der Waals surface area contributed by atoms with Crippen molar-refractivity contribution in [3.8, 4) is 0 Å². The summed E-state index contributed by atoms with van der Waals surface area (Å²) < 4.78 is 0. The second kappa shape index (κ2) is 5.61. The van der Waals surface area contributed by atoms with Crippen molar-refractivity contribution in [2.75, 3.05) is 32.8 Å². The number of rotatable bonds is 6. The molecule has 19 heavy (non-hydrogen) atoms. The maximum absolute atomic E-state index is 9.85. The van der Waals surface area contributed by atoms with E-state index in [-0.39, 0.29) is 24.0 Å². The Bertz CT molecular complexity index is 370. The van der Waals surface area contributed by atoms with Crippen molar-refractivity contribution in [3.63, 3.8) is 0 Å². The molecule has 2 fully saturated rings. The van der Waals surface area contributed by atoms with Crippen LogP contribution in [0.4, 0.5) is 0 Å². The Morgan fingerprint density at radius 2 is 1.68 bits per heavy atom. The van der Waals surface area contributed by atoms with Crippen LogP contribution in [0, 0.1) is 10.8 Å². The van der Waals surface area contributed by atoms with Gasteiger partial charge in [-0.25, -0.2) is 0 Å². The predicted molar refractivity (Wildman–Crippen MR) is 77.8 cm³/mol. The van der Waals surface area contributed by atoms with E-state index in [1.807, 2.05) is 12.2 Å². The Hall–Kier alpha value is -0.900. The second-order valence-corrected chi connectivity index (χ2v) is 6.06. The minimum atomic E-state index is -0.109. The summed E-state index contributed by atoms with van der Waals surface area (Å²) >= 11 is 0. The molecular formula is C16H25NO2. The average Bonchev–Trinajstić information content (AvgIpc) is 2.90. The van der Waals surface area contributed by atoms with E-state index in [0.29, 0.717) is 0 Å². The number of hydrogen-bond acceptors (Lipinski definition) is 3. The molecule has 3 heteroatoms. The molecule has 0 amide bonds. The molecule has 0 aromatic carbocycles. The Kier molecular flexibility index (Phi) is 4.29. The lowest BCUT2D eigenvalue weighted by Crippen LogP contribution is -2.41. The first-order valence-electron chi connectivity index (χ1n) is 7.03. The Morgan fingerprint density at radius 3 is 2.11 bits per heavy atom. The normalized spacial score (nSPS) is 35.4. The van der Waals surface area contributed by atoms with Crippen molar-refractivity contribution in [1.29, 1.82) is 0 Å². The number of allylic oxidation sites excluding steroid dienone is 2. The molecule has 1 heterocycles. The molecule has 106 valence electrons. The van der Waals surface area contributed by atoms with Crippen LogP contribution in [-0.2, 0) is 0 Å². The van der Waals surface area contributed by atoms with Gasteiger partial charge in [-0.05, 0) is 18.4 Å². The summed E-state index contributed by atoms with van der Waals surface area (Å²) in [5.74, 6) is 0. The lowest BCUT2D eigenvalue weighted by Gasteiger charge is -2.36. The van der Waals surface area contributed by atoms with Crippen LogP contribution in [0.3, 0.4) is 0 Å². The first-order chi connectivity index (χ1) is 9.15. The third kappa shape index (κ3) is 2.31. The zero-order chi connectivity index (χ0) is 13.9. The molecular weight excluding hydrogens is 238 g/mol. The van der Waals surface area contributed by atoms with Crippen molar-refractivity contribution in [1.82, 2.24) is 4.90 Å². The summed E-state index contributed by atoms with van der Waals surface area (Å²) in [6.45, 7) is 10.5. The average molecular weight is 263 g/mol. The molecule has 1 saturated heterocycles. The van der Waals surface area contributed by atoms with Gasteiger partial charge in [0.15, 0.2) is 0 Å². The van der Waals surface area contributed by atoms with Crippen molar-refractivity contribution >= 4 is 0 Å². The van der Waals surface area contributed by atoms with E-state index < -0.39 is 0 Å². The smallest absolute Gasteiger partial charge is 0.0506 e. The van der Waals surface area contributed by atoms with Crippen molar-refractivity contribution in [2.24, 2.45) is 10.8 Å². The third-order valence-corrected chi connectivity index (χ3v) is 5.09. The fourth-order valence-electron chi connectivity index (χ4n) is 4.00. The Balaban J connectivity index is 2.15. The van der Waals surface area contributed by atoms with E-state index in [1.165, 1.54) is 0 Å². The molecule has 2 N–H and O–H groups in total. The van der Waals surface area contributed by atoms with Crippen LogP contribution >= 0.6 is 0 Å². The Morgan fingerprint density at radius 1 is 1.11 bits per heavy atom. The largest absolute Gasteiger partial charge is 0.396 e. The first kappa shape index (κ1) is 14.5. The summed E-state index contributed by atoms with van der Waals surface area (Å²) in [4.78, 5) is 2.34. The summed E-state index contributed by atoms with van der Waals surface area (Å²) in [5.41, 5.74) is 0.917. The molecule has 0 aromatic rings. The van der Waals surface area contributed by atoms with E-state index in [1.54, 1.807) is 6.08 Å². The van der Waals surface area contributed by atoms with Crippen LogP contribution in [0.25, 0.3) is 0 Å². The minimum absolute atomic E-state index is 0.109. The SMILES string of the molecule is C=C/C=C(\C=C)CN1CC2(CO)CCCC2(CO)C1. The Labute approximate surface area is 115 Å². The zero-order valence-corrected chi connectivity index (χ0v) is 11.6. The minimum Gasteiger partial charge on any atom is -0.396 e. The van der Waals surface area contributed by atoms with Gasteiger partial charge >= 0.3 is 0 Å². The zero-order valence-electron chi connectivity index (χ0n) is 11.6. The molecule has 2 atom stereocenters. The highest BCUT2D eigenvalue weighted by Gasteiger charge is 2.59. The highest BCUT2D eigenvalue weighted by Crippen LogP contribution is 2.57. The van der Waals surface area contributed by atoms with Gasteiger partial charge in [-0.1, -0.05) is 37.8 Å². The van der Waals surface area contributed by atoms with Crippen LogP contribution in [0.2, 0.25) is 0 Å². The van der Waals surface area contributed by atoms with Gasteiger partial charge in [0.25, 0.3) is 0 Å². The van der Waals surface area contributed by atoms with E-state index in [4.69, 9.17) is 0 Å². The maximum atomic E-state index is 9.85. The van der Waals surface area contributed by atoms with Crippen LogP contribution in [0.15, 0.2) is 37.0 Å². The third-order valence-electron chi connectivity index (χ3n) is 5.09. The molecule has 1 saturated carbocycles. The summed E-state index contributed by atoms with van der Waals surface area (Å²) in [6, 6.07) is 0. The first-order valence-corrected chi connectivity index (χ1v) is 7.03. The summed E-state index contributed by atoms with van der Waals surface area (Å²) in [7, 11) is 0. The number of aliphatic hydroxyl groups is 2. The number of fused-ring (bicyclic) bond motifs is 1. The molecule has 2 rings (SSSR count). The van der Waals surface area contributed by atoms with Crippen LogP contribution in [-0.4, -0.2) is 48.0 Å². The van der Waals surface area contributed by atoms with Gasteiger partial charge in [0.05, 0.1) is 13.2 Å². The molecule has 0 spiro atoms. The second-order valence-electron chi connectivity index (χ2n) is 6.06. The molecule has 3 nitrogen and oxygen atoms in total. The molecule has 2 aliphatic rings. The van der Waals surface area contributed by atoms with Crippen molar-refractivity contribution < 1.29 is 10.2 Å². The molecule has 1 aliphatic carbocycles. The van der Waals surface area contributed by atoms with Crippen LogP contribution < -0.4 is 0 Å². The predicted octanol–water partition coefficient (Wildman–Crippen LogP) is 1.74. The standard InChI is InChI=1S/C16H25NO2/c1-3-6-14(4-2)9-17-10-15(12-18)7-5-8-16(15,11-17)13-19/h3-4,6,18-19H,1-2,5,7-13H2/b14-6+. The van der Waals surface area contributed by atoms with Gasteiger partial charge in [0.2, 0.25) is 0 Å². The molecule has 1 aliphatic heterocycles. The quantitative estimate of drug-likeness (QED) is 0.717. The highest BCUT2D eigenvalue weighted by molar-refractivity contribution is 5.24. The highest BCUT2D eigenvalue weighted by atomic mass is 16.3. The fourth-order valence-corrected chi connectivity index (χ4v) is 4.00. The van der Waals surface area contributed by atoms with Gasteiger partial charge < -0.3 is 10.2 Å². The van der Waals surface area contributed by atoms with Crippen molar-refractivity contribution in [2.45, 2.75) is 19.3 Å².